The van der Waals surface area contributed by atoms with Crippen LogP contribution in [0.2, 0.25) is 0 Å². The maximum atomic E-state index is 15.1. The van der Waals surface area contributed by atoms with Crippen molar-refractivity contribution in [3.8, 4) is 5.75 Å². The van der Waals surface area contributed by atoms with Gasteiger partial charge in [0.15, 0.2) is 9.84 Å². The normalized spacial score (nSPS) is 11.9. The molecule has 0 bridgehead atoms. The summed E-state index contributed by atoms with van der Waals surface area (Å²) >= 11 is 0. The molecule has 12 nitrogen and oxygen atoms in total. The number of carbonyl (C=O) groups excluding carboxylic acids is 2. The predicted molar refractivity (Wildman–Crippen MR) is 174 cm³/mol. The highest BCUT2D eigenvalue weighted by atomic mass is 32.2. The van der Waals surface area contributed by atoms with E-state index in [1.54, 1.807) is 42.5 Å². The number of benzene rings is 3. The van der Waals surface area contributed by atoms with E-state index in [4.69, 9.17) is 20.4 Å². The lowest BCUT2D eigenvalue weighted by Crippen LogP contribution is -2.35. The number of aliphatic carboxylic acids is 1. The third-order valence-corrected chi connectivity index (χ3v) is 8.78. The minimum Gasteiger partial charge on any atom is -0.497 e. The number of nitrogens with two attached hydrogens (primary N) is 1. The van der Waals surface area contributed by atoms with Gasteiger partial charge in [-0.2, -0.15) is 13.2 Å². The Bertz CT molecular complexity index is 1970. The Morgan fingerprint density at radius 3 is 2.33 bits per heavy atom. The smallest absolute Gasteiger partial charge is 0.490 e. The Labute approximate surface area is 278 Å². The Hall–Kier alpha value is -5.45. The molecule has 4 aromatic rings. The Balaban J connectivity index is 0.000000838. The van der Waals surface area contributed by atoms with Gasteiger partial charge in [0.2, 0.25) is 11.8 Å². The number of methoxy groups -OCH3 is 1. The number of fused-ring (bicyclic) bond motifs is 1. The fourth-order valence-electron chi connectivity index (χ4n) is 4.65. The van der Waals surface area contributed by atoms with Gasteiger partial charge in [-0.15, -0.1) is 0 Å². The molecule has 262 valence electrons. The van der Waals surface area contributed by atoms with Crippen molar-refractivity contribution in [2.75, 3.05) is 36.3 Å². The Morgan fingerprint density at radius 1 is 1.06 bits per heavy atom. The number of nitrogen functional groups attached to an aromatic ring is 1. The Morgan fingerprint density at radius 2 is 1.73 bits per heavy atom. The minimum atomic E-state index is -5.08. The molecule has 1 aromatic heterocycles. The number of nitrogens with one attached hydrogen (secondary N) is 2. The van der Waals surface area contributed by atoms with Crippen LogP contribution in [-0.2, 0) is 30.8 Å². The lowest BCUT2D eigenvalue weighted by molar-refractivity contribution is -0.192. The molecule has 0 aliphatic carbocycles. The summed E-state index contributed by atoms with van der Waals surface area (Å²) in [5.74, 6) is -3.68. The van der Waals surface area contributed by atoms with Gasteiger partial charge in [-0.25, -0.2) is 22.6 Å². The van der Waals surface area contributed by atoms with Crippen molar-refractivity contribution in [3.63, 3.8) is 0 Å². The lowest BCUT2D eigenvalue weighted by Gasteiger charge is -2.27. The summed E-state index contributed by atoms with van der Waals surface area (Å²) in [6.45, 7) is 2.79. The van der Waals surface area contributed by atoms with Crippen molar-refractivity contribution in [1.82, 2.24) is 9.88 Å². The number of carboxylic acids is 1. The summed E-state index contributed by atoms with van der Waals surface area (Å²) < 4.78 is 77.9. The molecule has 17 heteroatoms. The van der Waals surface area contributed by atoms with Gasteiger partial charge >= 0.3 is 12.1 Å². The van der Waals surface area contributed by atoms with Gasteiger partial charge in [0.1, 0.15) is 23.4 Å². The highest BCUT2D eigenvalue weighted by molar-refractivity contribution is 7.91. The van der Waals surface area contributed by atoms with Gasteiger partial charge in [-0.1, -0.05) is 19.1 Å². The number of pyridine rings is 1. The molecule has 0 saturated heterocycles. The quantitative estimate of drug-likeness (QED) is 0.161. The van der Waals surface area contributed by atoms with Crippen LogP contribution in [-0.4, -0.2) is 67.3 Å². The number of carboxylic acid groups (broad SMARTS) is 1. The van der Waals surface area contributed by atoms with E-state index in [1.165, 1.54) is 57.3 Å². The van der Waals surface area contributed by atoms with Crippen LogP contribution in [0.3, 0.4) is 0 Å². The average Bonchev–Trinajstić information content (AvgIpc) is 3.02. The molecule has 3 aromatic carbocycles. The molecular weight excluding hydrogens is 674 g/mol. The minimum absolute atomic E-state index is 0.0519. The number of carbonyl (C=O) groups is 3. The maximum Gasteiger partial charge on any atom is 0.490 e. The maximum absolute atomic E-state index is 15.1. The highest BCUT2D eigenvalue weighted by Gasteiger charge is 2.38. The molecular formula is C32H33F4N5O7S. The van der Waals surface area contributed by atoms with E-state index in [-0.39, 0.29) is 34.3 Å². The van der Waals surface area contributed by atoms with Crippen LogP contribution in [0.4, 0.5) is 34.8 Å². The van der Waals surface area contributed by atoms with Gasteiger partial charge in [-0.3, -0.25) is 9.59 Å². The van der Waals surface area contributed by atoms with Crippen LogP contribution in [0.5, 0.6) is 5.75 Å². The number of ether oxygens (including phenoxy) is 1. The van der Waals surface area contributed by atoms with Crippen LogP contribution < -0.4 is 21.1 Å². The van der Waals surface area contributed by atoms with Crippen molar-refractivity contribution in [2.24, 2.45) is 0 Å². The topological polar surface area (TPSA) is 181 Å². The summed E-state index contributed by atoms with van der Waals surface area (Å²) in [5, 5.41) is 13.6. The summed E-state index contributed by atoms with van der Waals surface area (Å²) in [5.41, 5.74) is 7.46. The second-order valence-electron chi connectivity index (χ2n) is 10.5. The van der Waals surface area contributed by atoms with Crippen LogP contribution in [0.1, 0.15) is 31.0 Å². The van der Waals surface area contributed by atoms with Crippen LogP contribution in [0, 0.1) is 5.82 Å². The molecule has 2 amide bonds. The third kappa shape index (κ3) is 9.79. The summed E-state index contributed by atoms with van der Waals surface area (Å²) in [4.78, 5) is 39.9. The molecule has 0 radical (unpaired) electrons. The fraction of sp³-hybridized carbons (Fsp3) is 0.250. The van der Waals surface area contributed by atoms with E-state index in [0.29, 0.717) is 33.6 Å². The van der Waals surface area contributed by atoms with Crippen molar-refractivity contribution in [3.05, 3.63) is 83.8 Å². The van der Waals surface area contributed by atoms with Crippen molar-refractivity contribution in [1.29, 1.82) is 0 Å². The molecule has 0 spiro atoms. The molecule has 0 saturated carbocycles. The SMILES string of the molecule is CCS(=O)(=O)c1ccc(NC(C)=O)cc1CN(C)C(=O)C(Nc1cc(F)c2c(N)nccc2c1)c1cccc(OC)c1.O=C(O)C(F)(F)F. The van der Waals surface area contributed by atoms with E-state index in [1.807, 2.05) is 0 Å². The number of rotatable bonds is 10. The summed E-state index contributed by atoms with van der Waals surface area (Å²) in [6, 6.07) is 14.9. The standard InChI is InChI=1S/C30H32FN5O5S.C2HF3O2/c1-5-42(39,40)26-10-9-22(34-18(2)37)14-21(26)17-36(3)30(38)28(20-7-6-8-24(15-20)41-4)35-23-13-19-11-12-33-29(32)27(19)25(31)16-23;3-2(4,5)1(6)7/h6-16,28,35H,5,17H2,1-4H3,(H2,32,33)(H,34,37);(H,6,7). The first-order valence-corrected chi connectivity index (χ1v) is 16.0. The number of alkyl halides is 3. The largest absolute Gasteiger partial charge is 0.497 e. The summed E-state index contributed by atoms with van der Waals surface area (Å²) in [7, 11) is -0.600. The molecule has 5 N–H and O–H groups in total. The van der Waals surface area contributed by atoms with Gasteiger partial charge in [0.05, 0.1) is 23.1 Å². The van der Waals surface area contributed by atoms with Crippen LogP contribution >= 0.6 is 0 Å². The molecule has 1 atom stereocenters. The average molecular weight is 708 g/mol. The van der Waals surface area contributed by atoms with Crippen LogP contribution in [0.15, 0.2) is 71.8 Å². The Kier molecular flexibility index (Phi) is 12.1. The number of amides is 2. The molecule has 49 heavy (non-hydrogen) atoms. The van der Waals surface area contributed by atoms with Crippen molar-refractivity contribution < 1.29 is 50.2 Å². The third-order valence-electron chi connectivity index (χ3n) is 6.95. The number of anilines is 3. The van der Waals surface area contributed by atoms with E-state index >= 15 is 4.39 Å². The van der Waals surface area contributed by atoms with E-state index < -0.39 is 39.7 Å². The first kappa shape index (κ1) is 38.0. The van der Waals surface area contributed by atoms with Gasteiger partial charge in [0, 0.05) is 38.1 Å². The van der Waals surface area contributed by atoms with E-state index in [9.17, 15) is 31.2 Å². The van der Waals surface area contributed by atoms with E-state index in [0.717, 1.165) is 0 Å². The molecule has 0 fully saturated rings. The molecule has 1 heterocycles. The zero-order chi connectivity index (χ0) is 36.7. The lowest BCUT2D eigenvalue weighted by atomic mass is 10.0. The van der Waals surface area contributed by atoms with Crippen molar-refractivity contribution in [2.45, 2.75) is 37.5 Å². The first-order chi connectivity index (χ1) is 22.9. The number of nitrogens with zero attached hydrogens (tertiary/aromatic N) is 2. The highest BCUT2D eigenvalue weighted by Crippen LogP contribution is 2.31. The molecule has 4 rings (SSSR count). The predicted octanol–water partition coefficient (Wildman–Crippen LogP) is 5.16. The van der Waals surface area contributed by atoms with Gasteiger partial charge in [-0.05, 0) is 65.0 Å². The second-order valence-corrected chi connectivity index (χ2v) is 12.8. The van der Waals surface area contributed by atoms with Gasteiger partial charge in [0.25, 0.3) is 0 Å². The zero-order valence-corrected chi connectivity index (χ0v) is 27.4. The number of hydrogen-bond acceptors (Lipinski definition) is 9. The van der Waals surface area contributed by atoms with Crippen LogP contribution in [0.25, 0.3) is 10.8 Å². The first-order valence-electron chi connectivity index (χ1n) is 14.3. The number of halogens is 4. The molecule has 0 aliphatic rings. The number of likely N-dealkylation sites (N-methyl/N-ethyl adjacent to an activating group) is 1. The number of aromatic nitrogens is 1. The fourth-order valence-corrected chi connectivity index (χ4v) is 5.76. The second kappa shape index (κ2) is 15.6. The molecule has 1 unspecified atom stereocenters. The van der Waals surface area contributed by atoms with Gasteiger partial charge < -0.3 is 31.1 Å². The van der Waals surface area contributed by atoms with E-state index in [2.05, 4.69) is 15.6 Å². The monoisotopic (exact) mass is 707 g/mol. The zero-order valence-electron chi connectivity index (χ0n) is 26.6. The molecule has 0 aliphatic heterocycles. The number of sulfone groups is 1. The van der Waals surface area contributed by atoms with Crippen molar-refractivity contribution >= 4 is 55.6 Å². The summed E-state index contributed by atoms with van der Waals surface area (Å²) in [6.07, 6.45) is -3.61. The number of hydrogen-bond donors (Lipinski definition) is 4.